The van der Waals surface area contributed by atoms with Crippen molar-refractivity contribution in [1.29, 1.82) is 0 Å². The van der Waals surface area contributed by atoms with Gasteiger partial charge in [-0.3, -0.25) is 4.79 Å². The van der Waals surface area contributed by atoms with E-state index >= 15 is 0 Å². The lowest BCUT2D eigenvalue weighted by Gasteiger charge is -2.19. The highest BCUT2D eigenvalue weighted by Gasteiger charge is 2.31. The molecule has 0 aliphatic heterocycles. The fourth-order valence-corrected chi connectivity index (χ4v) is 5.80. The SMILES string of the molecule is NCC1CCCC1NC(=O)c1ccc(S(=O)(=O)C2CCCC2)cc1. The van der Waals surface area contributed by atoms with Crippen LogP contribution < -0.4 is 11.1 Å². The number of nitrogens with one attached hydrogen (secondary N) is 1. The van der Waals surface area contributed by atoms with Crippen LogP contribution in [0.15, 0.2) is 29.2 Å². The van der Waals surface area contributed by atoms with Gasteiger partial charge in [-0.15, -0.1) is 0 Å². The zero-order valence-corrected chi connectivity index (χ0v) is 14.7. The third-order valence-electron chi connectivity index (χ3n) is 5.46. The number of amides is 1. The molecule has 2 atom stereocenters. The molecule has 2 unspecified atom stereocenters. The van der Waals surface area contributed by atoms with Crippen molar-refractivity contribution < 1.29 is 13.2 Å². The molecule has 2 aliphatic carbocycles. The molecular weight excluding hydrogens is 324 g/mol. The van der Waals surface area contributed by atoms with E-state index in [1.165, 1.54) is 0 Å². The summed E-state index contributed by atoms with van der Waals surface area (Å²) >= 11 is 0. The third-order valence-corrected chi connectivity index (χ3v) is 7.74. The Labute approximate surface area is 143 Å². The van der Waals surface area contributed by atoms with Gasteiger partial charge in [0.25, 0.3) is 5.91 Å². The molecule has 132 valence electrons. The van der Waals surface area contributed by atoms with Gasteiger partial charge in [0, 0.05) is 11.6 Å². The number of sulfone groups is 1. The fourth-order valence-electron chi connectivity index (χ4n) is 3.95. The Morgan fingerprint density at radius 2 is 1.71 bits per heavy atom. The monoisotopic (exact) mass is 350 g/mol. The Bertz CT molecular complexity index is 679. The summed E-state index contributed by atoms with van der Waals surface area (Å²) in [6.45, 7) is 0.587. The van der Waals surface area contributed by atoms with Crippen LogP contribution in [0.25, 0.3) is 0 Å². The first-order valence-corrected chi connectivity index (χ1v) is 10.4. The lowest BCUT2D eigenvalue weighted by Crippen LogP contribution is -2.39. The quantitative estimate of drug-likeness (QED) is 0.852. The van der Waals surface area contributed by atoms with E-state index in [1.807, 2.05) is 0 Å². The van der Waals surface area contributed by atoms with Gasteiger partial charge in [0.2, 0.25) is 0 Å². The van der Waals surface area contributed by atoms with E-state index in [1.54, 1.807) is 24.3 Å². The van der Waals surface area contributed by atoms with Crippen LogP contribution in [0.3, 0.4) is 0 Å². The molecule has 1 amide bonds. The summed E-state index contributed by atoms with van der Waals surface area (Å²) in [7, 11) is -3.26. The van der Waals surface area contributed by atoms with E-state index in [4.69, 9.17) is 5.73 Å². The predicted octanol–water partition coefficient (Wildman–Crippen LogP) is 2.26. The topological polar surface area (TPSA) is 89.3 Å². The Balaban J connectivity index is 1.69. The van der Waals surface area contributed by atoms with Crippen molar-refractivity contribution in [2.24, 2.45) is 11.7 Å². The lowest BCUT2D eigenvalue weighted by atomic mass is 10.0. The molecule has 1 aromatic carbocycles. The zero-order valence-electron chi connectivity index (χ0n) is 13.9. The molecule has 6 heteroatoms. The molecule has 0 saturated heterocycles. The standard InChI is InChI=1S/C18H26N2O3S/c19-12-14-4-3-7-17(14)20-18(21)13-8-10-16(11-9-13)24(22,23)15-5-1-2-6-15/h8-11,14-15,17H,1-7,12,19H2,(H,20,21). The Kier molecular flexibility index (Phi) is 5.25. The van der Waals surface area contributed by atoms with Crippen molar-refractivity contribution in [2.45, 2.75) is 61.1 Å². The fraction of sp³-hybridized carbons (Fsp3) is 0.611. The minimum absolute atomic E-state index is 0.129. The van der Waals surface area contributed by atoms with Crippen molar-refractivity contribution in [2.75, 3.05) is 6.54 Å². The maximum absolute atomic E-state index is 12.6. The lowest BCUT2D eigenvalue weighted by molar-refractivity contribution is 0.0928. The van der Waals surface area contributed by atoms with Gasteiger partial charge < -0.3 is 11.1 Å². The molecule has 2 fully saturated rings. The largest absolute Gasteiger partial charge is 0.349 e. The van der Waals surface area contributed by atoms with E-state index in [2.05, 4.69) is 5.32 Å². The van der Waals surface area contributed by atoms with Crippen molar-refractivity contribution >= 4 is 15.7 Å². The first-order valence-electron chi connectivity index (χ1n) is 8.87. The number of benzene rings is 1. The Morgan fingerprint density at radius 3 is 2.33 bits per heavy atom. The van der Waals surface area contributed by atoms with E-state index < -0.39 is 9.84 Å². The Morgan fingerprint density at radius 1 is 1.04 bits per heavy atom. The highest BCUT2D eigenvalue weighted by Crippen LogP contribution is 2.30. The summed E-state index contributed by atoms with van der Waals surface area (Å²) in [5.74, 6) is 0.195. The molecule has 24 heavy (non-hydrogen) atoms. The van der Waals surface area contributed by atoms with Crippen molar-refractivity contribution in [3.05, 3.63) is 29.8 Å². The summed E-state index contributed by atoms with van der Waals surface area (Å²) in [4.78, 5) is 12.7. The van der Waals surface area contributed by atoms with Crippen LogP contribution in [-0.2, 0) is 9.84 Å². The summed E-state index contributed by atoms with van der Waals surface area (Å²) in [5, 5.41) is 2.78. The van der Waals surface area contributed by atoms with E-state index in [-0.39, 0.29) is 17.2 Å². The van der Waals surface area contributed by atoms with Gasteiger partial charge in [-0.1, -0.05) is 19.3 Å². The number of carbonyl (C=O) groups is 1. The van der Waals surface area contributed by atoms with Crippen LogP contribution >= 0.6 is 0 Å². The molecule has 5 nitrogen and oxygen atoms in total. The summed E-state index contributed by atoms with van der Waals surface area (Å²) < 4.78 is 25.1. The van der Waals surface area contributed by atoms with Gasteiger partial charge in [0.05, 0.1) is 10.1 Å². The minimum Gasteiger partial charge on any atom is -0.349 e. The number of nitrogens with two attached hydrogens (primary N) is 1. The maximum Gasteiger partial charge on any atom is 0.251 e. The molecular formula is C18H26N2O3S. The predicted molar refractivity (Wildman–Crippen MR) is 93.5 cm³/mol. The summed E-state index contributed by atoms with van der Waals surface area (Å²) in [6, 6.07) is 6.49. The second-order valence-electron chi connectivity index (χ2n) is 6.98. The van der Waals surface area contributed by atoms with Crippen LogP contribution in [0.2, 0.25) is 0 Å². The molecule has 2 saturated carbocycles. The first kappa shape index (κ1) is 17.4. The molecule has 3 rings (SSSR count). The third kappa shape index (κ3) is 3.49. The molecule has 0 radical (unpaired) electrons. The number of carbonyl (C=O) groups excluding carboxylic acids is 1. The van der Waals surface area contributed by atoms with Crippen LogP contribution in [0.5, 0.6) is 0 Å². The van der Waals surface area contributed by atoms with Gasteiger partial charge in [-0.05, 0) is 62.4 Å². The normalized spacial score (nSPS) is 25.0. The maximum atomic E-state index is 12.6. The second kappa shape index (κ2) is 7.23. The van der Waals surface area contributed by atoms with Gasteiger partial charge in [-0.25, -0.2) is 8.42 Å². The highest BCUT2D eigenvalue weighted by molar-refractivity contribution is 7.92. The smallest absolute Gasteiger partial charge is 0.251 e. The molecule has 1 aromatic rings. The van der Waals surface area contributed by atoms with E-state index in [0.717, 1.165) is 44.9 Å². The van der Waals surface area contributed by atoms with E-state index in [0.29, 0.717) is 22.9 Å². The molecule has 0 aromatic heterocycles. The second-order valence-corrected chi connectivity index (χ2v) is 9.21. The van der Waals surface area contributed by atoms with Crippen LogP contribution in [0.4, 0.5) is 0 Å². The average molecular weight is 350 g/mol. The van der Waals surface area contributed by atoms with Gasteiger partial charge >= 0.3 is 0 Å². The molecule has 0 spiro atoms. The minimum atomic E-state index is -3.26. The molecule has 3 N–H and O–H groups in total. The number of hydrogen-bond donors (Lipinski definition) is 2. The summed E-state index contributed by atoms with van der Waals surface area (Å²) in [5.41, 5.74) is 6.25. The number of rotatable bonds is 5. The van der Waals surface area contributed by atoms with Gasteiger partial charge in [-0.2, -0.15) is 0 Å². The van der Waals surface area contributed by atoms with Crippen LogP contribution in [0, 0.1) is 5.92 Å². The average Bonchev–Trinajstić information content (AvgIpc) is 3.26. The molecule has 0 heterocycles. The Hall–Kier alpha value is -1.40. The van der Waals surface area contributed by atoms with Gasteiger partial charge in [0.1, 0.15) is 0 Å². The highest BCUT2D eigenvalue weighted by atomic mass is 32.2. The van der Waals surface area contributed by atoms with Gasteiger partial charge in [0.15, 0.2) is 9.84 Å². The van der Waals surface area contributed by atoms with Crippen LogP contribution in [0.1, 0.15) is 55.3 Å². The summed E-state index contributed by atoms with van der Waals surface area (Å²) in [6.07, 6.45) is 6.55. The first-order chi connectivity index (χ1) is 11.5. The number of hydrogen-bond acceptors (Lipinski definition) is 4. The van der Waals surface area contributed by atoms with Crippen molar-refractivity contribution in [3.63, 3.8) is 0 Å². The van der Waals surface area contributed by atoms with Crippen molar-refractivity contribution in [3.8, 4) is 0 Å². The zero-order chi connectivity index (χ0) is 17.2. The van der Waals surface area contributed by atoms with Crippen LogP contribution in [-0.4, -0.2) is 32.2 Å². The van der Waals surface area contributed by atoms with Crippen molar-refractivity contribution in [1.82, 2.24) is 5.32 Å². The molecule has 2 aliphatic rings. The van der Waals surface area contributed by atoms with E-state index in [9.17, 15) is 13.2 Å². The molecule has 0 bridgehead atoms.